The van der Waals surface area contributed by atoms with Crippen LogP contribution >= 0.6 is 0 Å². The Bertz CT molecular complexity index is 877. The summed E-state index contributed by atoms with van der Waals surface area (Å²) in [5.74, 6) is 1.01. The lowest BCUT2D eigenvalue weighted by molar-refractivity contribution is 0.101. The van der Waals surface area contributed by atoms with E-state index in [0.29, 0.717) is 23.9 Å². The fourth-order valence-electron chi connectivity index (χ4n) is 2.29. The molecule has 0 aliphatic carbocycles. The molecule has 1 heterocycles. The molecule has 0 radical (unpaired) electrons. The van der Waals surface area contributed by atoms with E-state index >= 15 is 0 Å². The molecule has 2 aromatic carbocycles. The molecule has 25 heavy (non-hydrogen) atoms. The van der Waals surface area contributed by atoms with E-state index in [2.05, 4.69) is 57.0 Å². The maximum atomic E-state index is 11.5. The van der Waals surface area contributed by atoms with Crippen LogP contribution in [-0.2, 0) is 6.54 Å². The summed E-state index contributed by atoms with van der Waals surface area (Å²) in [4.78, 5) is 15.9. The van der Waals surface area contributed by atoms with Crippen LogP contribution in [0.2, 0.25) is 0 Å². The SMILES string of the molecule is CC(=O)c1cccc(Nc2cnnc(NCc3ccc(C)cc3)n2)c1. The van der Waals surface area contributed by atoms with E-state index in [1.807, 2.05) is 12.1 Å². The van der Waals surface area contributed by atoms with Crippen molar-refractivity contribution in [2.24, 2.45) is 0 Å². The molecule has 126 valence electrons. The van der Waals surface area contributed by atoms with Gasteiger partial charge in [0.1, 0.15) is 0 Å². The van der Waals surface area contributed by atoms with Crippen LogP contribution in [0.5, 0.6) is 0 Å². The van der Waals surface area contributed by atoms with E-state index in [9.17, 15) is 4.79 Å². The van der Waals surface area contributed by atoms with Crippen LogP contribution in [0.15, 0.2) is 54.7 Å². The summed E-state index contributed by atoms with van der Waals surface area (Å²) in [6.45, 7) is 4.21. The minimum atomic E-state index is 0.0184. The lowest BCUT2D eigenvalue weighted by Crippen LogP contribution is -2.06. The van der Waals surface area contributed by atoms with Gasteiger partial charge in [0, 0.05) is 17.8 Å². The standard InChI is InChI=1S/C19H19N5O/c1-13-6-8-15(9-7-13)11-20-19-23-18(12-21-24-19)22-17-5-3-4-16(10-17)14(2)25/h3-10,12H,11H2,1-2H3,(H2,20,22,23,24). The van der Waals surface area contributed by atoms with E-state index in [-0.39, 0.29) is 5.78 Å². The number of hydrogen-bond donors (Lipinski definition) is 2. The van der Waals surface area contributed by atoms with Crippen LogP contribution in [0.4, 0.5) is 17.5 Å². The van der Waals surface area contributed by atoms with Crippen molar-refractivity contribution in [3.05, 3.63) is 71.4 Å². The summed E-state index contributed by atoms with van der Waals surface area (Å²) in [6.07, 6.45) is 1.54. The van der Waals surface area contributed by atoms with Gasteiger partial charge in [0.05, 0.1) is 6.20 Å². The third-order valence-corrected chi connectivity index (χ3v) is 3.67. The van der Waals surface area contributed by atoms with Crippen LogP contribution < -0.4 is 10.6 Å². The van der Waals surface area contributed by atoms with Crippen molar-refractivity contribution in [1.82, 2.24) is 15.2 Å². The summed E-state index contributed by atoms with van der Waals surface area (Å²) >= 11 is 0. The summed E-state index contributed by atoms with van der Waals surface area (Å²) in [6, 6.07) is 15.5. The molecule has 6 heteroatoms. The molecule has 1 aromatic heterocycles. The first-order chi connectivity index (χ1) is 12.1. The second-order valence-electron chi connectivity index (χ2n) is 5.77. The van der Waals surface area contributed by atoms with Crippen molar-refractivity contribution in [3.63, 3.8) is 0 Å². The minimum Gasteiger partial charge on any atom is -0.349 e. The summed E-state index contributed by atoms with van der Waals surface area (Å²) in [7, 11) is 0. The molecule has 0 saturated heterocycles. The zero-order chi connectivity index (χ0) is 17.6. The van der Waals surface area contributed by atoms with Gasteiger partial charge in [-0.25, -0.2) is 0 Å². The molecular formula is C19H19N5O. The van der Waals surface area contributed by atoms with Crippen LogP contribution in [0, 0.1) is 6.92 Å². The smallest absolute Gasteiger partial charge is 0.244 e. The Kier molecular flexibility index (Phi) is 4.99. The maximum absolute atomic E-state index is 11.5. The largest absolute Gasteiger partial charge is 0.349 e. The first-order valence-corrected chi connectivity index (χ1v) is 7.97. The average Bonchev–Trinajstić information content (AvgIpc) is 2.62. The number of ketones is 1. The van der Waals surface area contributed by atoms with Crippen molar-refractivity contribution in [2.75, 3.05) is 10.6 Å². The lowest BCUT2D eigenvalue weighted by atomic mass is 10.1. The van der Waals surface area contributed by atoms with Crippen molar-refractivity contribution in [1.29, 1.82) is 0 Å². The Balaban J connectivity index is 1.68. The molecule has 0 unspecified atom stereocenters. The molecule has 0 saturated carbocycles. The molecule has 3 rings (SSSR count). The number of rotatable bonds is 6. The summed E-state index contributed by atoms with van der Waals surface area (Å²) in [5.41, 5.74) is 3.78. The van der Waals surface area contributed by atoms with Gasteiger partial charge in [-0.2, -0.15) is 10.1 Å². The highest BCUT2D eigenvalue weighted by Gasteiger charge is 2.04. The number of carbonyl (C=O) groups excluding carboxylic acids is 1. The Hall–Kier alpha value is -3.28. The number of Topliss-reactive ketones (excluding diaryl/α,β-unsaturated/α-hetero) is 1. The number of anilines is 3. The molecular weight excluding hydrogens is 314 g/mol. The Morgan fingerprint density at radius 2 is 1.92 bits per heavy atom. The van der Waals surface area contributed by atoms with E-state index in [0.717, 1.165) is 11.3 Å². The van der Waals surface area contributed by atoms with Gasteiger partial charge in [-0.3, -0.25) is 4.79 Å². The highest BCUT2D eigenvalue weighted by molar-refractivity contribution is 5.95. The van der Waals surface area contributed by atoms with Crippen LogP contribution in [-0.4, -0.2) is 21.0 Å². The Labute approximate surface area is 146 Å². The average molecular weight is 333 g/mol. The van der Waals surface area contributed by atoms with E-state index in [1.54, 1.807) is 19.1 Å². The molecule has 0 spiro atoms. The second kappa shape index (κ2) is 7.53. The zero-order valence-corrected chi connectivity index (χ0v) is 14.2. The fourth-order valence-corrected chi connectivity index (χ4v) is 2.29. The molecule has 3 aromatic rings. The number of benzene rings is 2. The van der Waals surface area contributed by atoms with Crippen LogP contribution in [0.3, 0.4) is 0 Å². The van der Waals surface area contributed by atoms with E-state index in [4.69, 9.17) is 0 Å². The molecule has 0 fully saturated rings. The molecule has 0 aliphatic heterocycles. The topological polar surface area (TPSA) is 79.8 Å². The molecule has 0 atom stereocenters. The van der Waals surface area contributed by atoms with Crippen molar-refractivity contribution in [2.45, 2.75) is 20.4 Å². The minimum absolute atomic E-state index is 0.0184. The molecule has 2 N–H and O–H groups in total. The third-order valence-electron chi connectivity index (χ3n) is 3.67. The predicted octanol–water partition coefficient (Wildman–Crippen LogP) is 3.74. The maximum Gasteiger partial charge on any atom is 0.244 e. The number of nitrogens with zero attached hydrogens (tertiary/aromatic N) is 3. The number of aryl methyl sites for hydroxylation is 1. The van der Waals surface area contributed by atoms with Crippen molar-refractivity contribution in [3.8, 4) is 0 Å². The zero-order valence-electron chi connectivity index (χ0n) is 14.2. The molecule has 0 bridgehead atoms. The van der Waals surface area contributed by atoms with Crippen LogP contribution in [0.1, 0.15) is 28.4 Å². The van der Waals surface area contributed by atoms with Crippen molar-refractivity contribution >= 4 is 23.2 Å². The third kappa shape index (κ3) is 4.60. The second-order valence-corrected chi connectivity index (χ2v) is 5.77. The van der Waals surface area contributed by atoms with Gasteiger partial charge in [-0.05, 0) is 31.5 Å². The number of hydrogen-bond acceptors (Lipinski definition) is 6. The van der Waals surface area contributed by atoms with Gasteiger partial charge < -0.3 is 10.6 Å². The first kappa shape index (κ1) is 16.6. The Morgan fingerprint density at radius 1 is 1.12 bits per heavy atom. The van der Waals surface area contributed by atoms with E-state index < -0.39 is 0 Å². The molecule has 0 aliphatic rings. The van der Waals surface area contributed by atoms with Gasteiger partial charge in [-0.1, -0.05) is 42.0 Å². The van der Waals surface area contributed by atoms with Crippen molar-refractivity contribution < 1.29 is 4.79 Å². The predicted molar refractivity (Wildman–Crippen MR) is 98.1 cm³/mol. The highest BCUT2D eigenvalue weighted by atomic mass is 16.1. The monoisotopic (exact) mass is 333 g/mol. The normalized spacial score (nSPS) is 10.3. The number of aromatic nitrogens is 3. The Morgan fingerprint density at radius 3 is 2.68 bits per heavy atom. The fraction of sp³-hybridized carbons (Fsp3) is 0.158. The quantitative estimate of drug-likeness (QED) is 0.669. The summed E-state index contributed by atoms with van der Waals surface area (Å²) in [5, 5.41) is 14.3. The summed E-state index contributed by atoms with van der Waals surface area (Å²) < 4.78 is 0. The van der Waals surface area contributed by atoms with Gasteiger partial charge in [0.25, 0.3) is 0 Å². The first-order valence-electron chi connectivity index (χ1n) is 7.97. The van der Waals surface area contributed by atoms with Crippen LogP contribution in [0.25, 0.3) is 0 Å². The van der Waals surface area contributed by atoms with Gasteiger partial charge in [-0.15, -0.1) is 5.10 Å². The number of carbonyl (C=O) groups is 1. The van der Waals surface area contributed by atoms with Gasteiger partial charge in [0.15, 0.2) is 11.6 Å². The lowest BCUT2D eigenvalue weighted by Gasteiger charge is -2.08. The highest BCUT2D eigenvalue weighted by Crippen LogP contribution is 2.16. The molecule has 0 amide bonds. The van der Waals surface area contributed by atoms with Gasteiger partial charge >= 0.3 is 0 Å². The molecule has 6 nitrogen and oxygen atoms in total. The number of nitrogens with one attached hydrogen (secondary N) is 2. The van der Waals surface area contributed by atoms with E-state index in [1.165, 1.54) is 11.8 Å². The van der Waals surface area contributed by atoms with Gasteiger partial charge in [0.2, 0.25) is 5.95 Å².